The molecule has 3 unspecified atom stereocenters. The summed E-state index contributed by atoms with van der Waals surface area (Å²) in [6.45, 7) is 6.04. The first kappa shape index (κ1) is 11.9. The molecule has 0 aromatic carbocycles. The largest absolute Gasteiger partial charge is 0.328 e. The van der Waals surface area contributed by atoms with E-state index in [2.05, 4.69) is 0 Å². The van der Waals surface area contributed by atoms with E-state index in [0.29, 0.717) is 5.92 Å². The summed E-state index contributed by atoms with van der Waals surface area (Å²) in [4.78, 5) is 0. The predicted molar refractivity (Wildman–Crippen MR) is 53.7 cm³/mol. The molecule has 0 heterocycles. The highest BCUT2D eigenvalue weighted by molar-refractivity contribution is 4.75. The minimum absolute atomic E-state index is 0.196. The van der Waals surface area contributed by atoms with E-state index in [-0.39, 0.29) is 18.1 Å². The van der Waals surface area contributed by atoms with Crippen LogP contribution in [0.4, 0.5) is 0 Å². The van der Waals surface area contributed by atoms with Crippen LogP contribution < -0.4 is 17.2 Å². The van der Waals surface area contributed by atoms with Gasteiger partial charge in [-0.2, -0.15) is 0 Å². The molecule has 3 heteroatoms. The molecule has 0 saturated heterocycles. The third kappa shape index (κ3) is 5.52. The molecule has 0 fully saturated rings. The van der Waals surface area contributed by atoms with Gasteiger partial charge in [-0.15, -0.1) is 0 Å². The Morgan fingerprint density at radius 1 is 0.833 bits per heavy atom. The first-order chi connectivity index (χ1) is 5.43. The van der Waals surface area contributed by atoms with Gasteiger partial charge in [0, 0.05) is 18.1 Å². The van der Waals surface area contributed by atoms with E-state index < -0.39 is 0 Å². The van der Waals surface area contributed by atoms with Crippen molar-refractivity contribution in [3.63, 3.8) is 0 Å². The quantitative estimate of drug-likeness (QED) is 0.564. The fraction of sp³-hybridized carbons (Fsp3) is 1.00. The zero-order chi connectivity index (χ0) is 9.72. The lowest BCUT2D eigenvalue weighted by Crippen LogP contribution is -2.35. The first-order valence-corrected chi connectivity index (χ1v) is 4.70. The van der Waals surface area contributed by atoms with Crippen LogP contribution in [-0.2, 0) is 0 Å². The van der Waals surface area contributed by atoms with Gasteiger partial charge in [0.2, 0.25) is 0 Å². The second-order valence-corrected chi connectivity index (χ2v) is 4.05. The highest BCUT2D eigenvalue weighted by Crippen LogP contribution is 2.15. The molecule has 0 rings (SSSR count). The standard InChI is InChI=1S/C9H23N3/c1-6(10)4-9(8(3)12)5-7(2)11/h6-9H,4-5,10-12H2,1-3H3. The number of rotatable bonds is 5. The van der Waals surface area contributed by atoms with E-state index >= 15 is 0 Å². The zero-order valence-electron chi connectivity index (χ0n) is 8.46. The summed E-state index contributed by atoms with van der Waals surface area (Å²) in [5, 5.41) is 0. The topological polar surface area (TPSA) is 78.1 Å². The third-order valence-corrected chi connectivity index (χ3v) is 2.09. The summed E-state index contributed by atoms with van der Waals surface area (Å²) < 4.78 is 0. The van der Waals surface area contributed by atoms with Crippen LogP contribution >= 0.6 is 0 Å². The van der Waals surface area contributed by atoms with Gasteiger partial charge in [-0.3, -0.25) is 0 Å². The number of hydrogen-bond donors (Lipinski definition) is 3. The Labute approximate surface area is 75.7 Å². The van der Waals surface area contributed by atoms with Crippen LogP contribution in [0.15, 0.2) is 0 Å². The van der Waals surface area contributed by atoms with E-state index in [9.17, 15) is 0 Å². The second-order valence-electron chi connectivity index (χ2n) is 4.05. The summed E-state index contributed by atoms with van der Waals surface area (Å²) in [5.74, 6) is 0.463. The van der Waals surface area contributed by atoms with Crippen molar-refractivity contribution in [2.24, 2.45) is 23.1 Å². The molecule has 0 saturated carbocycles. The van der Waals surface area contributed by atoms with E-state index in [1.165, 1.54) is 0 Å². The van der Waals surface area contributed by atoms with Crippen LogP contribution in [0.3, 0.4) is 0 Å². The van der Waals surface area contributed by atoms with Crippen LogP contribution in [0.1, 0.15) is 33.6 Å². The van der Waals surface area contributed by atoms with Crippen LogP contribution in [0.5, 0.6) is 0 Å². The molecule has 0 aliphatic heterocycles. The molecule has 0 aromatic rings. The molecule has 0 radical (unpaired) electrons. The Hall–Kier alpha value is -0.120. The summed E-state index contributed by atoms with van der Waals surface area (Å²) >= 11 is 0. The van der Waals surface area contributed by atoms with Gasteiger partial charge < -0.3 is 17.2 Å². The number of hydrogen-bond acceptors (Lipinski definition) is 3. The minimum Gasteiger partial charge on any atom is -0.328 e. The molecule has 0 bridgehead atoms. The van der Waals surface area contributed by atoms with Crippen LogP contribution in [0.2, 0.25) is 0 Å². The first-order valence-electron chi connectivity index (χ1n) is 4.70. The Morgan fingerprint density at radius 3 is 1.33 bits per heavy atom. The highest BCUT2D eigenvalue weighted by atomic mass is 14.7. The zero-order valence-corrected chi connectivity index (χ0v) is 8.46. The van der Waals surface area contributed by atoms with Crippen LogP contribution in [0.25, 0.3) is 0 Å². The average molecular weight is 173 g/mol. The van der Waals surface area contributed by atoms with Crippen molar-refractivity contribution in [3.8, 4) is 0 Å². The van der Waals surface area contributed by atoms with E-state index in [1.54, 1.807) is 0 Å². The van der Waals surface area contributed by atoms with Gasteiger partial charge in [-0.25, -0.2) is 0 Å². The minimum atomic E-state index is 0.196. The highest BCUT2D eigenvalue weighted by Gasteiger charge is 2.16. The SMILES string of the molecule is CC(N)CC(CC(C)N)C(C)N. The lowest BCUT2D eigenvalue weighted by atomic mass is 9.89. The normalized spacial score (nSPS) is 21.5. The summed E-state index contributed by atoms with van der Waals surface area (Å²) in [5.41, 5.74) is 17.2. The fourth-order valence-electron chi connectivity index (χ4n) is 1.48. The molecule has 0 aliphatic rings. The molecule has 6 N–H and O–H groups in total. The Kier molecular flexibility index (Phi) is 5.46. The lowest BCUT2D eigenvalue weighted by molar-refractivity contribution is 0.343. The third-order valence-electron chi connectivity index (χ3n) is 2.09. The molecule has 74 valence electrons. The van der Waals surface area contributed by atoms with Crippen molar-refractivity contribution in [2.75, 3.05) is 0 Å². The molecule has 0 aliphatic carbocycles. The van der Waals surface area contributed by atoms with Gasteiger partial charge in [-0.05, 0) is 39.5 Å². The van der Waals surface area contributed by atoms with Crippen molar-refractivity contribution in [3.05, 3.63) is 0 Å². The van der Waals surface area contributed by atoms with Gasteiger partial charge in [0.1, 0.15) is 0 Å². The Morgan fingerprint density at radius 2 is 1.17 bits per heavy atom. The number of nitrogens with two attached hydrogens (primary N) is 3. The van der Waals surface area contributed by atoms with E-state index in [0.717, 1.165) is 12.8 Å². The van der Waals surface area contributed by atoms with Crippen LogP contribution in [0, 0.1) is 5.92 Å². The average Bonchev–Trinajstić information content (AvgIpc) is 1.83. The van der Waals surface area contributed by atoms with E-state index in [1.807, 2.05) is 20.8 Å². The second kappa shape index (κ2) is 5.51. The fourth-order valence-corrected chi connectivity index (χ4v) is 1.48. The van der Waals surface area contributed by atoms with Gasteiger partial charge in [0.15, 0.2) is 0 Å². The summed E-state index contributed by atoms with van der Waals surface area (Å²) in [7, 11) is 0. The maximum atomic E-state index is 5.82. The van der Waals surface area contributed by atoms with Crippen molar-refractivity contribution in [2.45, 2.75) is 51.7 Å². The van der Waals surface area contributed by atoms with Gasteiger partial charge in [0.25, 0.3) is 0 Å². The molecule has 3 nitrogen and oxygen atoms in total. The van der Waals surface area contributed by atoms with Crippen LogP contribution in [-0.4, -0.2) is 18.1 Å². The molecule has 0 spiro atoms. The summed E-state index contributed by atoms with van der Waals surface area (Å²) in [6.07, 6.45) is 1.94. The van der Waals surface area contributed by atoms with Crippen molar-refractivity contribution >= 4 is 0 Å². The maximum Gasteiger partial charge on any atom is 0.00399 e. The molecule has 0 amide bonds. The van der Waals surface area contributed by atoms with Gasteiger partial charge in [-0.1, -0.05) is 0 Å². The lowest BCUT2D eigenvalue weighted by Gasteiger charge is -2.24. The maximum absolute atomic E-state index is 5.82. The van der Waals surface area contributed by atoms with Crippen molar-refractivity contribution in [1.82, 2.24) is 0 Å². The Balaban J connectivity index is 3.87. The van der Waals surface area contributed by atoms with Crippen molar-refractivity contribution in [1.29, 1.82) is 0 Å². The molecular weight excluding hydrogens is 150 g/mol. The monoisotopic (exact) mass is 173 g/mol. The molecule has 12 heavy (non-hydrogen) atoms. The molecule has 3 atom stereocenters. The summed E-state index contributed by atoms with van der Waals surface area (Å²) in [6, 6.07) is 0.640. The smallest absolute Gasteiger partial charge is 0.00399 e. The van der Waals surface area contributed by atoms with E-state index in [4.69, 9.17) is 17.2 Å². The predicted octanol–water partition coefficient (Wildman–Crippen LogP) is 0.424. The van der Waals surface area contributed by atoms with Gasteiger partial charge in [0.05, 0.1) is 0 Å². The Bertz CT molecular complexity index is 100. The van der Waals surface area contributed by atoms with Crippen molar-refractivity contribution < 1.29 is 0 Å². The molecular formula is C9H23N3. The molecule has 0 aromatic heterocycles. The van der Waals surface area contributed by atoms with Gasteiger partial charge >= 0.3 is 0 Å².